The number of anilines is 1. The number of amides is 1. The molecule has 0 aliphatic rings. The molecular weight excluding hydrogens is 481 g/mol. The van der Waals surface area contributed by atoms with E-state index in [-0.39, 0.29) is 44.7 Å². The van der Waals surface area contributed by atoms with Crippen LogP contribution in [0.5, 0.6) is 0 Å². The Hall–Kier alpha value is -2.82. The number of nitrogens with zero attached hydrogens (tertiary/aromatic N) is 1. The van der Waals surface area contributed by atoms with Gasteiger partial charge in [-0.3, -0.25) is 4.79 Å². The van der Waals surface area contributed by atoms with Gasteiger partial charge in [-0.15, -0.1) is 0 Å². The number of carbonyl (C=O) groups excluding carboxylic acids is 1. The first kappa shape index (κ1) is 24.8. The van der Waals surface area contributed by atoms with E-state index in [4.69, 9.17) is 11.6 Å². The molecule has 0 bridgehead atoms. The second-order valence-corrected chi connectivity index (χ2v) is 9.68. The zero-order valence-corrected chi connectivity index (χ0v) is 19.1. The third-order valence-electron chi connectivity index (χ3n) is 5.02. The molecule has 6 nitrogen and oxygen atoms in total. The van der Waals surface area contributed by atoms with Crippen LogP contribution in [-0.2, 0) is 22.6 Å². The first-order chi connectivity index (χ1) is 15.4. The van der Waals surface area contributed by atoms with Crippen LogP contribution >= 0.6 is 11.6 Å². The molecule has 33 heavy (non-hydrogen) atoms. The summed E-state index contributed by atoms with van der Waals surface area (Å²) in [6, 6.07) is 10.3. The van der Waals surface area contributed by atoms with Crippen molar-refractivity contribution in [2.75, 3.05) is 18.2 Å². The average Bonchev–Trinajstić information content (AvgIpc) is 2.97. The second kappa shape index (κ2) is 9.20. The number of rotatable bonds is 6. The first-order valence-electron chi connectivity index (χ1n) is 9.63. The number of nitrogens with one attached hydrogen (secondary N) is 1. The van der Waals surface area contributed by atoms with Crippen LogP contribution in [0.3, 0.4) is 0 Å². The number of aromatic nitrogens is 1. The second-order valence-electron chi connectivity index (χ2n) is 7.31. The standard InChI is InChI=1S/C22H20ClF3N2O4S/c1-13-18(21(30)27-14-7-9-15(10-8-14)33(2,31)32)20(23)28(11-12-29)19(13)16-5-3-4-6-17(16)22(24,25)26/h3-10,29H,11-12H2,1-2H3,(H,27,30). The Morgan fingerprint density at radius 1 is 1.12 bits per heavy atom. The largest absolute Gasteiger partial charge is 0.417 e. The molecule has 1 heterocycles. The molecule has 2 aromatic carbocycles. The van der Waals surface area contributed by atoms with Crippen molar-refractivity contribution >= 4 is 33.0 Å². The summed E-state index contributed by atoms with van der Waals surface area (Å²) >= 11 is 6.41. The van der Waals surface area contributed by atoms with Crippen molar-refractivity contribution in [3.05, 3.63) is 70.4 Å². The maximum Gasteiger partial charge on any atom is 0.417 e. The zero-order chi connectivity index (χ0) is 24.6. The topological polar surface area (TPSA) is 88.4 Å². The third-order valence-corrected chi connectivity index (χ3v) is 6.54. The third kappa shape index (κ3) is 5.07. The molecule has 2 N–H and O–H groups in total. The highest BCUT2D eigenvalue weighted by atomic mass is 35.5. The predicted molar refractivity (Wildman–Crippen MR) is 119 cm³/mol. The Morgan fingerprint density at radius 2 is 1.73 bits per heavy atom. The number of aliphatic hydroxyl groups is 1. The van der Waals surface area contributed by atoms with Gasteiger partial charge in [-0.1, -0.05) is 29.8 Å². The van der Waals surface area contributed by atoms with Crippen LogP contribution in [0, 0.1) is 6.92 Å². The van der Waals surface area contributed by atoms with Crippen LogP contribution in [0.15, 0.2) is 53.4 Å². The van der Waals surface area contributed by atoms with E-state index in [1.54, 1.807) is 0 Å². The highest BCUT2D eigenvalue weighted by molar-refractivity contribution is 7.90. The van der Waals surface area contributed by atoms with Gasteiger partial charge in [0.05, 0.1) is 28.3 Å². The number of hydrogen-bond donors (Lipinski definition) is 2. The Balaban J connectivity index is 2.09. The summed E-state index contributed by atoms with van der Waals surface area (Å²) in [5.41, 5.74) is -0.576. The molecule has 0 radical (unpaired) electrons. The van der Waals surface area contributed by atoms with Crippen molar-refractivity contribution < 1.29 is 31.5 Å². The summed E-state index contributed by atoms with van der Waals surface area (Å²) in [6.45, 7) is 0.935. The number of carbonyl (C=O) groups is 1. The molecule has 0 atom stereocenters. The van der Waals surface area contributed by atoms with Gasteiger partial charge in [0.1, 0.15) is 5.15 Å². The Bertz CT molecular complexity index is 1300. The minimum atomic E-state index is -4.65. The van der Waals surface area contributed by atoms with Gasteiger partial charge in [0, 0.05) is 24.1 Å². The molecule has 0 aliphatic carbocycles. The quantitative estimate of drug-likeness (QED) is 0.509. The lowest BCUT2D eigenvalue weighted by atomic mass is 10.00. The fourth-order valence-corrected chi connectivity index (χ4v) is 4.57. The minimum Gasteiger partial charge on any atom is -0.395 e. The molecular formula is C22H20ClF3N2O4S. The molecule has 0 spiro atoms. The number of benzene rings is 2. The fourth-order valence-electron chi connectivity index (χ4n) is 3.55. The van der Waals surface area contributed by atoms with E-state index < -0.39 is 34.1 Å². The summed E-state index contributed by atoms with van der Waals surface area (Å²) in [6.07, 6.45) is -3.60. The molecule has 0 aliphatic heterocycles. The monoisotopic (exact) mass is 500 g/mol. The maximum atomic E-state index is 13.6. The van der Waals surface area contributed by atoms with Gasteiger partial charge >= 0.3 is 6.18 Å². The maximum absolute atomic E-state index is 13.6. The van der Waals surface area contributed by atoms with E-state index >= 15 is 0 Å². The fraction of sp³-hybridized carbons (Fsp3) is 0.227. The summed E-state index contributed by atoms with van der Waals surface area (Å²) in [5, 5.41) is 11.9. The molecule has 11 heteroatoms. The van der Waals surface area contributed by atoms with E-state index in [1.807, 2.05) is 0 Å². The van der Waals surface area contributed by atoms with E-state index in [0.29, 0.717) is 0 Å². The van der Waals surface area contributed by atoms with Crippen molar-refractivity contribution in [3.63, 3.8) is 0 Å². The number of sulfone groups is 1. The van der Waals surface area contributed by atoms with Crippen molar-refractivity contribution in [3.8, 4) is 11.3 Å². The van der Waals surface area contributed by atoms with E-state index in [1.165, 1.54) is 54.0 Å². The van der Waals surface area contributed by atoms with Crippen molar-refractivity contribution in [2.24, 2.45) is 0 Å². The highest BCUT2D eigenvalue weighted by Gasteiger charge is 2.36. The van der Waals surface area contributed by atoms with Crippen LogP contribution in [0.1, 0.15) is 21.5 Å². The summed E-state index contributed by atoms with van der Waals surface area (Å²) < 4.78 is 65.4. The van der Waals surface area contributed by atoms with Gasteiger partial charge < -0.3 is 15.0 Å². The van der Waals surface area contributed by atoms with E-state index in [2.05, 4.69) is 5.32 Å². The van der Waals surface area contributed by atoms with Gasteiger partial charge in [-0.25, -0.2) is 8.42 Å². The summed E-state index contributed by atoms with van der Waals surface area (Å²) in [7, 11) is -3.42. The minimum absolute atomic E-state index is 0.0516. The molecule has 3 aromatic rings. The lowest BCUT2D eigenvalue weighted by Crippen LogP contribution is -2.13. The number of hydrogen-bond acceptors (Lipinski definition) is 4. The summed E-state index contributed by atoms with van der Waals surface area (Å²) in [4.78, 5) is 13.1. The van der Waals surface area contributed by atoms with Crippen LogP contribution in [-0.4, -0.2) is 36.9 Å². The van der Waals surface area contributed by atoms with Crippen LogP contribution in [0.4, 0.5) is 18.9 Å². The number of alkyl halides is 3. The molecule has 176 valence electrons. The molecule has 0 unspecified atom stereocenters. The molecule has 0 saturated heterocycles. The Labute approximate surface area is 193 Å². The Morgan fingerprint density at radius 3 is 2.27 bits per heavy atom. The van der Waals surface area contributed by atoms with Crippen molar-refractivity contribution in [1.82, 2.24) is 4.57 Å². The molecule has 1 amide bonds. The number of halogens is 4. The van der Waals surface area contributed by atoms with E-state index in [0.717, 1.165) is 12.3 Å². The smallest absolute Gasteiger partial charge is 0.395 e. The molecule has 1 aromatic heterocycles. The molecule has 0 saturated carbocycles. The van der Waals surface area contributed by atoms with Gasteiger partial charge in [0.15, 0.2) is 9.84 Å². The lowest BCUT2D eigenvalue weighted by Gasteiger charge is -2.16. The van der Waals surface area contributed by atoms with Gasteiger partial charge in [0.25, 0.3) is 5.91 Å². The van der Waals surface area contributed by atoms with Crippen LogP contribution in [0.25, 0.3) is 11.3 Å². The predicted octanol–water partition coefficient (Wildman–Crippen LogP) is 4.78. The lowest BCUT2D eigenvalue weighted by molar-refractivity contribution is -0.137. The van der Waals surface area contributed by atoms with Crippen LogP contribution < -0.4 is 5.32 Å². The number of aliphatic hydroxyl groups excluding tert-OH is 1. The normalized spacial score (nSPS) is 12.1. The summed E-state index contributed by atoms with van der Waals surface area (Å²) in [5.74, 6) is -0.688. The van der Waals surface area contributed by atoms with Crippen LogP contribution in [0.2, 0.25) is 5.15 Å². The Kier molecular flexibility index (Phi) is 6.92. The van der Waals surface area contributed by atoms with Gasteiger partial charge in [-0.05, 0) is 42.8 Å². The van der Waals surface area contributed by atoms with Gasteiger partial charge in [-0.2, -0.15) is 13.2 Å². The SMILES string of the molecule is Cc1c(C(=O)Nc2ccc(S(C)(=O)=O)cc2)c(Cl)n(CCO)c1-c1ccccc1C(F)(F)F. The first-order valence-corrected chi connectivity index (χ1v) is 11.9. The van der Waals surface area contributed by atoms with Gasteiger partial charge in [0.2, 0.25) is 0 Å². The van der Waals surface area contributed by atoms with Crippen molar-refractivity contribution in [2.45, 2.75) is 24.5 Å². The molecule has 3 rings (SSSR count). The average molecular weight is 501 g/mol. The van der Waals surface area contributed by atoms with E-state index in [9.17, 15) is 31.5 Å². The molecule has 0 fully saturated rings. The zero-order valence-electron chi connectivity index (χ0n) is 17.6. The van der Waals surface area contributed by atoms with Crippen molar-refractivity contribution in [1.29, 1.82) is 0 Å². The highest BCUT2D eigenvalue weighted by Crippen LogP contribution is 2.41.